The summed E-state index contributed by atoms with van der Waals surface area (Å²) in [6.07, 6.45) is -8.89. The largest absolute Gasteiger partial charge is 0.400 e. The Morgan fingerprint density at radius 1 is 1.18 bits per heavy atom. The number of rotatable bonds is 6. The third kappa shape index (κ3) is 5.48. The average Bonchev–Trinajstić information content (AvgIpc) is 2.09. The fraction of sp³-hybridized carbons (Fsp3) is 0.857. The lowest BCUT2D eigenvalue weighted by atomic mass is 10.1. The molecule has 0 aliphatic rings. The van der Waals surface area contributed by atoms with E-state index in [2.05, 4.69) is 17.0 Å². The second-order valence-electron chi connectivity index (χ2n) is 3.07. The Balaban J connectivity index is 4.31. The van der Waals surface area contributed by atoms with Crippen LogP contribution in [-0.2, 0) is 4.74 Å². The maximum atomic E-state index is 12.3. The summed E-state index contributed by atoms with van der Waals surface area (Å²) < 4.78 is 88.2. The van der Waals surface area contributed by atoms with Crippen molar-refractivity contribution >= 4 is 17.2 Å². The Morgan fingerprint density at radius 3 is 1.94 bits per heavy atom. The van der Waals surface area contributed by atoms with Gasteiger partial charge in [-0.3, -0.25) is 0 Å². The number of alkyl halides is 7. The highest BCUT2D eigenvalue weighted by Crippen LogP contribution is 2.28. The Kier molecular flexibility index (Phi) is 5.59. The van der Waals surface area contributed by atoms with Gasteiger partial charge in [-0.15, -0.1) is 0 Å². The molecule has 17 heavy (non-hydrogen) atoms. The molecule has 0 fully saturated rings. The van der Waals surface area contributed by atoms with Crippen molar-refractivity contribution in [2.24, 2.45) is 11.7 Å². The molecule has 0 amide bonds. The van der Waals surface area contributed by atoms with Crippen LogP contribution in [0.15, 0.2) is 0 Å². The summed E-state index contributed by atoms with van der Waals surface area (Å²) in [5.41, 5.74) is 4.73. The van der Waals surface area contributed by atoms with Crippen molar-refractivity contribution in [1.29, 1.82) is 0 Å². The second kappa shape index (κ2) is 5.80. The highest BCUT2D eigenvalue weighted by atomic mass is 32.1. The first kappa shape index (κ1) is 16.4. The first-order valence-electron chi connectivity index (χ1n) is 4.08. The summed E-state index contributed by atoms with van der Waals surface area (Å²) in [6, 6.07) is 0. The molecule has 0 aromatic rings. The molecule has 0 spiro atoms. The topological polar surface area (TPSA) is 35.2 Å². The lowest BCUT2D eigenvalue weighted by Crippen LogP contribution is -2.40. The minimum Gasteiger partial charge on any atom is -0.393 e. The summed E-state index contributed by atoms with van der Waals surface area (Å²) in [4.78, 5) is -1.00. The molecular formula is C7H8F7NOS. The van der Waals surface area contributed by atoms with E-state index in [1.807, 2.05) is 0 Å². The molecule has 0 radical (unpaired) electrons. The predicted octanol–water partition coefficient (Wildman–Crippen LogP) is 2.37. The summed E-state index contributed by atoms with van der Waals surface area (Å²) in [5, 5.41) is 0. The van der Waals surface area contributed by atoms with Gasteiger partial charge in [0.25, 0.3) is 0 Å². The highest BCUT2D eigenvalue weighted by Gasteiger charge is 2.44. The lowest BCUT2D eigenvalue weighted by molar-refractivity contribution is -0.192. The number of halogens is 7. The molecule has 0 aromatic heterocycles. The van der Waals surface area contributed by atoms with Crippen molar-refractivity contribution in [1.82, 2.24) is 0 Å². The third-order valence-electron chi connectivity index (χ3n) is 1.64. The van der Waals surface area contributed by atoms with Crippen molar-refractivity contribution in [3.05, 3.63) is 0 Å². The number of ether oxygens (including phenoxy) is 1. The number of hydrogen-bond donors (Lipinski definition) is 1. The van der Waals surface area contributed by atoms with Crippen molar-refractivity contribution in [3.8, 4) is 0 Å². The molecular weight excluding hydrogens is 279 g/mol. The Bertz CT molecular complexity index is 267. The zero-order chi connectivity index (χ0) is 13.9. The standard InChI is InChI=1S/C7H8F7NOS/c8-5(9)6(10,11)2-16-1-3(4(15)17)7(12,13)14/h3,5H,1-2H2,(H2,15,17). The Hall–Kier alpha value is -0.640. The fourth-order valence-corrected chi connectivity index (χ4v) is 0.915. The van der Waals surface area contributed by atoms with Crippen LogP contribution in [0.25, 0.3) is 0 Å². The van der Waals surface area contributed by atoms with E-state index in [4.69, 9.17) is 5.73 Å². The molecule has 1 atom stereocenters. The maximum absolute atomic E-state index is 12.3. The predicted molar refractivity (Wildman–Crippen MR) is 48.1 cm³/mol. The minimum atomic E-state index is -4.87. The molecule has 0 saturated carbocycles. The summed E-state index contributed by atoms with van der Waals surface area (Å²) in [5.74, 6) is -6.95. The van der Waals surface area contributed by atoms with E-state index >= 15 is 0 Å². The van der Waals surface area contributed by atoms with Gasteiger partial charge in [0.15, 0.2) is 0 Å². The molecule has 102 valence electrons. The second-order valence-corrected chi connectivity index (χ2v) is 3.54. The van der Waals surface area contributed by atoms with E-state index in [0.29, 0.717) is 0 Å². The van der Waals surface area contributed by atoms with Gasteiger partial charge in [-0.05, 0) is 0 Å². The summed E-state index contributed by atoms with van der Waals surface area (Å²) in [6.45, 7) is -3.15. The van der Waals surface area contributed by atoms with Crippen LogP contribution in [0.1, 0.15) is 0 Å². The van der Waals surface area contributed by atoms with Gasteiger partial charge >= 0.3 is 18.5 Å². The lowest BCUT2D eigenvalue weighted by Gasteiger charge is -2.21. The molecule has 2 N–H and O–H groups in total. The molecule has 0 saturated heterocycles. The molecule has 0 aliphatic carbocycles. The molecule has 2 nitrogen and oxygen atoms in total. The minimum absolute atomic E-state index is 1.00. The van der Waals surface area contributed by atoms with Gasteiger partial charge < -0.3 is 10.5 Å². The molecule has 0 heterocycles. The van der Waals surface area contributed by atoms with Crippen LogP contribution in [0.5, 0.6) is 0 Å². The molecule has 1 unspecified atom stereocenters. The van der Waals surface area contributed by atoms with Crippen molar-refractivity contribution in [2.45, 2.75) is 18.5 Å². The zero-order valence-electron chi connectivity index (χ0n) is 8.11. The molecule has 10 heteroatoms. The SMILES string of the molecule is NC(=S)C(COCC(F)(F)C(F)F)C(F)(F)F. The van der Waals surface area contributed by atoms with Crippen molar-refractivity contribution in [2.75, 3.05) is 13.2 Å². The first-order chi connectivity index (χ1) is 7.48. The molecule has 0 aromatic carbocycles. The Morgan fingerprint density at radius 2 is 1.65 bits per heavy atom. The van der Waals surface area contributed by atoms with Crippen LogP contribution >= 0.6 is 12.2 Å². The van der Waals surface area contributed by atoms with Crippen LogP contribution in [0, 0.1) is 5.92 Å². The number of thiocarbonyl (C=S) groups is 1. The molecule has 0 aliphatic heterocycles. The van der Waals surface area contributed by atoms with Gasteiger partial charge in [-0.2, -0.15) is 22.0 Å². The summed E-state index contributed by atoms with van der Waals surface area (Å²) >= 11 is 4.07. The van der Waals surface area contributed by atoms with E-state index in [9.17, 15) is 30.7 Å². The number of hydrogen-bond acceptors (Lipinski definition) is 2. The number of nitrogens with two attached hydrogens (primary N) is 1. The monoisotopic (exact) mass is 287 g/mol. The van der Waals surface area contributed by atoms with Gasteiger partial charge in [0.05, 0.1) is 11.6 Å². The Labute approximate surface area is 96.9 Å². The van der Waals surface area contributed by atoms with Gasteiger partial charge in [-0.1, -0.05) is 12.2 Å². The van der Waals surface area contributed by atoms with Crippen LogP contribution in [0.4, 0.5) is 30.7 Å². The van der Waals surface area contributed by atoms with Crippen molar-refractivity contribution in [3.63, 3.8) is 0 Å². The normalized spacial score (nSPS) is 15.1. The molecule has 0 bridgehead atoms. The van der Waals surface area contributed by atoms with E-state index in [1.165, 1.54) is 0 Å². The first-order valence-corrected chi connectivity index (χ1v) is 4.49. The molecule has 0 rings (SSSR count). The maximum Gasteiger partial charge on any atom is 0.400 e. The van der Waals surface area contributed by atoms with Gasteiger partial charge in [0, 0.05) is 0 Å². The van der Waals surface area contributed by atoms with Crippen molar-refractivity contribution < 1.29 is 35.5 Å². The fourth-order valence-electron chi connectivity index (χ4n) is 0.714. The van der Waals surface area contributed by atoms with Gasteiger partial charge in [0.2, 0.25) is 0 Å². The quantitative estimate of drug-likeness (QED) is 0.601. The smallest absolute Gasteiger partial charge is 0.393 e. The highest BCUT2D eigenvalue weighted by molar-refractivity contribution is 7.80. The van der Waals surface area contributed by atoms with E-state index in [-0.39, 0.29) is 0 Å². The van der Waals surface area contributed by atoms with Gasteiger partial charge in [-0.25, -0.2) is 8.78 Å². The van der Waals surface area contributed by atoms with E-state index < -0.39 is 42.6 Å². The van der Waals surface area contributed by atoms with Crippen LogP contribution in [0.3, 0.4) is 0 Å². The van der Waals surface area contributed by atoms with E-state index in [0.717, 1.165) is 0 Å². The third-order valence-corrected chi connectivity index (χ3v) is 1.92. The van der Waals surface area contributed by atoms with Gasteiger partial charge in [0.1, 0.15) is 12.5 Å². The van der Waals surface area contributed by atoms with Crippen LogP contribution in [-0.4, -0.2) is 36.7 Å². The van der Waals surface area contributed by atoms with Crippen LogP contribution < -0.4 is 5.73 Å². The van der Waals surface area contributed by atoms with Crippen LogP contribution in [0.2, 0.25) is 0 Å². The zero-order valence-corrected chi connectivity index (χ0v) is 8.93. The average molecular weight is 287 g/mol. The summed E-state index contributed by atoms with van der Waals surface area (Å²) in [7, 11) is 0. The van der Waals surface area contributed by atoms with E-state index in [1.54, 1.807) is 0 Å².